The predicted molar refractivity (Wildman–Crippen MR) is 265 cm³/mol. The van der Waals surface area contributed by atoms with Crippen LogP contribution in [0.25, 0.3) is 65.3 Å². The normalized spacial score (nSPS) is 13.2. The van der Waals surface area contributed by atoms with Crippen LogP contribution >= 0.6 is 0 Å². The minimum absolute atomic E-state index is 0.210. The molecule has 0 fully saturated rings. The largest absolute Gasteiger partial charge is 0.417 e. The third-order valence-electron chi connectivity index (χ3n) is 11.6. The Balaban J connectivity index is 1.00. The van der Waals surface area contributed by atoms with Gasteiger partial charge in [0.15, 0.2) is 0 Å². The highest BCUT2D eigenvalue weighted by atomic mass is 16.6. The summed E-state index contributed by atoms with van der Waals surface area (Å²) in [6, 6.07) is 57.7. The molecule has 4 aliphatic rings. The smallest absolute Gasteiger partial charge is 0.409 e. The number of hydrogen-bond acceptors (Lipinski definition) is 8. The van der Waals surface area contributed by atoms with Crippen molar-refractivity contribution in [2.75, 3.05) is 21.3 Å². The molecule has 0 radical (unpaired) electrons. The Morgan fingerprint density at radius 2 is 0.441 bits per heavy atom. The van der Waals surface area contributed by atoms with Crippen molar-refractivity contribution in [2.24, 2.45) is 0 Å². The first kappa shape index (κ1) is 41.1. The average Bonchev–Trinajstić information content (AvgIpc) is 3.35. The second-order valence-electron chi connectivity index (χ2n) is 15.9. The molecule has 10 aromatic rings. The number of rotatable bonds is 0. The van der Waals surface area contributed by atoms with E-state index in [-0.39, 0.29) is 23.0 Å². The van der Waals surface area contributed by atoms with E-state index in [1.807, 2.05) is 121 Å². The predicted octanol–water partition coefficient (Wildman–Crippen LogP) is 14.4. The summed E-state index contributed by atoms with van der Waals surface area (Å²) in [5.41, 5.74) is 3.63. The van der Waals surface area contributed by atoms with Crippen molar-refractivity contribution in [3.8, 4) is 45.3 Å². The molecule has 4 heterocycles. The van der Waals surface area contributed by atoms with Crippen LogP contribution in [-0.4, -0.2) is 24.4 Å². The summed E-state index contributed by atoms with van der Waals surface area (Å²) in [6.07, 6.45) is -3.13. The van der Waals surface area contributed by atoms with Crippen molar-refractivity contribution >= 4 is 90.2 Å². The lowest BCUT2D eigenvalue weighted by Gasteiger charge is -2.19. The quantitative estimate of drug-likeness (QED) is 0.117. The molecular weight excluding hydrogens is 857 g/mol. The number of carbonyl (C=O) groups excluding carboxylic acids is 4. The molecule has 0 saturated heterocycles. The van der Waals surface area contributed by atoms with Crippen LogP contribution in [0.5, 0.6) is 23.0 Å². The molecular formula is C56H36N4O8. The van der Waals surface area contributed by atoms with Gasteiger partial charge in [0.05, 0.1) is 0 Å². The van der Waals surface area contributed by atoms with Crippen LogP contribution in [0.1, 0.15) is 0 Å². The molecule has 14 rings (SSSR count). The van der Waals surface area contributed by atoms with Crippen LogP contribution in [0.4, 0.5) is 41.9 Å². The number of fused-ring (bicyclic) bond motifs is 4. The summed E-state index contributed by atoms with van der Waals surface area (Å²) in [7, 11) is 0. The molecule has 0 aliphatic carbocycles. The van der Waals surface area contributed by atoms with Gasteiger partial charge in [-0.25, -0.2) is 19.2 Å². The maximum Gasteiger partial charge on any atom is 0.417 e. The summed E-state index contributed by atoms with van der Waals surface area (Å²) in [4.78, 5) is 55.0. The molecule has 12 heteroatoms. The Hall–Kier alpha value is -9.68. The summed E-state index contributed by atoms with van der Waals surface area (Å²) in [6.45, 7) is 0. The Morgan fingerprint density at radius 1 is 0.235 bits per heavy atom. The number of anilines is 4. The van der Waals surface area contributed by atoms with Gasteiger partial charge in [-0.05, 0) is 116 Å². The maximum absolute atomic E-state index is 13.8. The second-order valence-corrected chi connectivity index (χ2v) is 15.9. The molecule has 0 spiro atoms. The van der Waals surface area contributed by atoms with Crippen molar-refractivity contribution in [1.29, 1.82) is 0 Å². The first-order valence-electron chi connectivity index (χ1n) is 21.5. The highest BCUT2D eigenvalue weighted by Gasteiger charge is 2.25. The highest BCUT2D eigenvalue weighted by Crippen LogP contribution is 2.47. The number of hydrogen-bond donors (Lipinski definition) is 4. The first-order valence-corrected chi connectivity index (χ1v) is 21.5. The van der Waals surface area contributed by atoms with Crippen LogP contribution in [0.15, 0.2) is 194 Å². The number of nitrogens with one attached hydrogen (secondary N) is 4. The fraction of sp³-hybridized carbons (Fsp3) is 0. The topological polar surface area (TPSA) is 153 Å². The van der Waals surface area contributed by atoms with Gasteiger partial charge < -0.3 is 18.9 Å². The van der Waals surface area contributed by atoms with Gasteiger partial charge in [-0.2, -0.15) is 0 Å². The van der Waals surface area contributed by atoms with Gasteiger partial charge in [0, 0.05) is 45.0 Å². The first-order chi connectivity index (χ1) is 33.3. The van der Waals surface area contributed by atoms with E-state index in [2.05, 4.69) is 21.3 Å². The van der Waals surface area contributed by atoms with E-state index in [0.717, 1.165) is 43.1 Å². The zero-order valence-corrected chi connectivity index (χ0v) is 35.7. The fourth-order valence-electron chi connectivity index (χ4n) is 8.62. The zero-order chi connectivity index (χ0) is 46.1. The van der Waals surface area contributed by atoms with Gasteiger partial charge in [-0.3, -0.25) is 21.3 Å². The van der Waals surface area contributed by atoms with Crippen LogP contribution in [0, 0.1) is 0 Å². The third kappa shape index (κ3) is 8.05. The van der Waals surface area contributed by atoms with Crippen LogP contribution in [0.3, 0.4) is 0 Å². The lowest BCUT2D eigenvalue weighted by atomic mass is 9.92. The molecule has 0 atom stereocenters. The van der Waals surface area contributed by atoms with Gasteiger partial charge in [0.1, 0.15) is 23.0 Å². The van der Waals surface area contributed by atoms with Crippen LogP contribution in [0.2, 0.25) is 0 Å². The molecule has 4 N–H and O–H groups in total. The summed E-state index contributed by atoms with van der Waals surface area (Å²) < 4.78 is 24.4. The summed E-state index contributed by atoms with van der Waals surface area (Å²) in [5.74, 6) is 0.842. The number of carbonyl (C=O) groups is 4. The third-order valence-corrected chi connectivity index (χ3v) is 11.6. The lowest BCUT2D eigenvalue weighted by Crippen LogP contribution is -2.19. The number of amides is 4. The van der Waals surface area contributed by atoms with Crippen molar-refractivity contribution in [3.05, 3.63) is 194 Å². The van der Waals surface area contributed by atoms with Crippen molar-refractivity contribution in [3.63, 3.8) is 0 Å². The number of ether oxygens (including phenoxy) is 4. The van der Waals surface area contributed by atoms with Gasteiger partial charge in [-0.1, -0.05) is 121 Å². The van der Waals surface area contributed by atoms with E-state index in [1.54, 1.807) is 72.8 Å². The van der Waals surface area contributed by atoms with Gasteiger partial charge in [0.2, 0.25) is 0 Å². The van der Waals surface area contributed by atoms with E-state index in [9.17, 15) is 19.2 Å². The van der Waals surface area contributed by atoms with Crippen LogP contribution in [-0.2, 0) is 0 Å². The summed E-state index contributed by atoms with van der Waals surface area (Å²) in [5, 5.41) is 17.6. The highest BCUT2D eigenvalue weighted by molar-refractivity contribution is 6.12. The van der Waals surface area contributed by atoms with E-state index < -0.39 is 24.4 Å². The molecule has 10 aromatic carbocycles. The van der Waals surface area contributed by atoms with E-state index in [1.165, 1.54) is 0 Å². The average molecular weight is 893 g/mol. The SMILES string of the molecule is O=C1Nc2ccc(cc2)NC(=O)Oc2ccc3ccccc3c2-c2c(ccc3ccccc23)OC(=O)Nc2ccc(cc2)NC(=O)Oc2ccc3ccccc3c2-c2c(ccc3ccccc23)O1. The monoisotopic (exact) mass is 892 g/mol. The fourth-order valence-corrected chi connectivity index (χ4v) is 8.62. The van der Waals surface area contributed by atoms with Crippen molar-refractivity contribution in [1.82, 2.24) is 0 Å². The van der Waals surface area contributed by atoms with Crippen LogP contribution < -0.4 is 40.2 Å². The molecule has 0 unspecified atom stereocenters. The lowest BCUT2D eigenvalue weighted by molar-refractivity contribution is 0.213. The van der Waals surface area contributed by atoms with E-state index >= 15 is 0 Å². The molecule has 4 bridgehead atoms. The molecule has 68 heavy (non-hydrogen) atoms. The molecule has 4 aliphatic heterocycles. The Bertz CT molecular complexity index is 3190. The summed E-state index contributed by atoms with van der Waals surface area (Å²) >= 11 is 0. The van der Waals surface area contributed by atoms with Crippen molar-refractivity contribution < 1.29 is 38.1 Å². The molecule has 0 saturated carbocycles. The maximum atomic E-state index is 13.8. The Kier molecular flexibility index (Phi) is 10.5. The standard InChI is InChI=1S/C56H36N4O8/c61-53-57-37-21-23-39(24-22-37)59-55(63)67-47-31-19-35-11-3-7-15-43(35)51(47)52-44-16-8-4-12-36(44)20-32-48(52)68-56(64)60-40-27-25-38(26-28-40)58-54(62)66-46-30-18-34-10-2-6-14-42(34)50(46)49-41-13-5-1-9-33(41)17-29-45(49)65-53/h1-32H,(H,57,61)(H,58,62)(H,59,63)(H,60,64). The molecule has 12 nitrogen and oxygen atoms in total. The van der Waals surface area contributed by atoms with E-state index in [0.29, 0.717) is 45.0 Å². The van der Waals surface area contributed by atoms with Gasteiger partial charge in [-0.15, -0.1) is 0 Å². The van der Waals surface area contributed by atoms with Crippen molar-refractivity contribution in [2.45, 2.75) is 0 Å². The van der Waals surface area contributed by atoms with Gasteiger partial charge >= 0.3 is 24.4 Å². The zero-order valence-electron chi connectivity index (χ0n) is 35.7. The molecule has 4 amide bonds. The minimum atomic E-state index is -0.782. The molecule has 328 valence electrons. The number of benzene rings is 10. The Labute approximate surface area is 387 Å². The molecule has 0 aromatic heterocycles. The minimum Gasteiger partial charge on any atom is -0.409 e. The Morgan fingerprint density at radius 3 is 0.662 bits per heavy atom. The van der Waals surface area contributed by atoms with Gasteiger partial charge in [0.25, 0.3) is 0 Å². The second kappa shape index (κ2) is 17.4. The van der Waals surface area contributed by atoms with E-state index in [4.69, 9.17) is 18.9 Å².